The second kappa shape index (κ2) is 8.51. The molecule has 1 fully saturated rings. The summed E-state index contributed by atoms with van der Waals surface area (Å²) in [4.78, 5) is 29.1. The van der Waals surface area contributed by atoms with Crippen molar-refractivity contribution in [2.24, 2.45) is 13.0 Å². The zero-order chi connectivity index (χ0) is 20.4. The van der Waals surface area contributed by atoms with Gasteiger partial charge in [0.05, 0.1) is 17.1 Å². The summed E-state index contributed by atoms with van der Waals surface area (Å²) in [5.41, 5.74) is 1.04. The average Bonchev–Trinajstić information content (AvgIpc) is 3.26. The van der Waals surface area contributed by atoms with Crippen molar-refractivity contribution < 1.29 is 4.79 Å². The van der Waals surface area contributed by atoms with E-state index in [1.54, 1.807) is 23.0 Å². The number of aryl methyl sites for hydroxylation is 1. The van der Waals surface area contributed by atoms with Crippen molar-refractivity contribution in [2.75, 3.05) is 19.6 Å². The Labute approximate surface area is 175 Å². The highest BCUT2D eigenvalue weighted by Crippen LogP contribution is 2.29. The molecule has 0 saturated carbocycles. The predicted octanol–water partition coefficient (Wildman–Crippen LogP) is 3.80. The van der Waals surface area contributed by atoms with Gasteiger partial charge in [-0.2, -0.15) is 0 Å². The monoisotopic (exact) mass is 409 g/mol. The second-order valence-electron chi connectivity index (χ2n) is 7.93. The van der Waals surface area contributed by atoms with Crippen molar-refractivity contribution in [3.05, 3.63) is 68.6 Å². The summed E-state index contributed by atoms with van der Waals surface area (Å²) in [6, 6.07) is 13.4. The molecule has 0 radical (unpaired) electrons. The normalized spacial score (nSPS) is 16.8. The number of aromatic nitrogens is 1. The Morgan fingerprint density at radius 2 is 1.97 bits per heavy atom. The summed E-state index contributed by atoms with van der Waals surface area (Å²) in [6.07, 6.45) is 2.38. The lowest BCUT2D eigenvalue weighted by Crippen LogP contribution is -2.41. The number of likely N-dealkylation sites (tertiary alicyclic amines) is 1. The minimum atomic E-state index is -0.189. The number of piperidine rings is 1. The predicted molar refractivity (Wildman–Crippen MR) is 119 cm³/mol. The summed E-state index contributed by atoms with van der Waals surface area (Å²) in [6.45, 7) is 4.94. The highest BCUT2D eigenvalue weighted by Gasteiger charge is 2.26. The molecule has 6 heteroatoms. The topological polar surface area (TPSA) is 54.3 Å². The number of hydrogen-bond acceptors (Lipinski definition) is 4. The van der Waals surface area contributed by atoms with Crippen molar-refractivity contribution >= 4 is 28.1 Å². The number of hydrogen-bond donors (Lipinski definition) is 1. The van der Waals surface area contributed by atoms with Crippen molar-refractivity contribution in [1.82, 2.24) is 14.8 Å². The zero-order valence-corrected chi connectivity index (χ0v) is 17.7. The first kappa shape index (κ1) is 19.9. The number of thiophene rings is 1. The number of nitrogens with one attached hydrogen (secondary N) is 1. The summed E-state index contributed by atoms with van der Waals surface area (Å²) in [5, 5.41) is 6.00. The maximum atomic E-state index is 13.1. The molecule has 1 amide bonds. The number of carbonyl (C=O) groups is 1. The van der Waals surface area contributed by atoms with E-state index in [9.17, 15) is 9.59 Å². The van der Waals surface area contributed by atoms with Crippen LogP contribution in [0.5, 0.6) is 0 Å². The number of fused-ring (bicyclic) bond motifs is 1. The molecule has 3 heterocycles. The van der Waals surface area contributed by atoms with E-state index < -0.39 is 0 Å². The molecule has 2 aromatic heterocycles. The number of carbonyl (C=O) groups excluding carboxylic acids is 1. The summed E-state index contributed by atoms with van der Waals surface area (Å²) < 4.78 is 1.58. The molecule has 152 valence electrons. The Morgan fingerprint density at radius 1 is 1.21 bits per heavy atom. The molecule has 1 aliphatic rings. The van der Waals surface area contributed by atoms with Crippen LogP contribution in [0.2, 0.25) is 0 Å². The maximum absolute atomic E-state index is 13.1. The van der Waals surface area contributed by atoms with Crippen LogP contribution in [0.15, 0.2) is 52.6 Å². The van der Waals surface area contributed by atoms with Crippen LogP contribution in [-0.2, 0) is 7.05 Å². The molecule has 1 atom stereocenters. The van der Waals surface area contributed by atoms with Crippen molar-refractivity contribution in [1.29, 1.82) is 0 Å². The number of nitrogens with zero attached hydrogens (tertiary/aromatic N) is 2. The molecular weight excluding hydrogens is 382 g/mol. The van der Waals surface area contributed by atoms with Gasteiger partial charge in [0, 0.05) is 29.9 Å². The fourth-order valence-electron chi connectivity index (χ4n) is 4.11. The molecule has 5 nitrogen and oxygen atoms in total. The number of para-hydroxylation sites is 1. The van der Waals surface area contributed by atoms with Crippen LogP contribution >= 0.6 is 11.3 Å². The summed E-state index contributed by atoms with van der Waals surface area (Å²) >= 11 is 1.73. The van der Waals surface area contributed by atoms with Gasteiger partial charge in [0.2, 0.25) is 0 Å². The fraction of sp³-hybridized carbons (Fsp3) is 0.391. The van der Waals surface area contributed by atoms with Gasteiger partial charge in [0.1, 0.15) is 0 Å². The van der Waals surface area contributed by atoms with Crippen LogP contribution < -0.4 is 10.9 Å². The average molecular weight is 410 g/mol. The van der Waals surface area contributed by atoms with Crippen LogP contribution in [0.25, 0.3) is 10.9 Å². The highest BCUT2D eigenvalue weighted by atomic mass is 32.1. The van der Waals surface area contributed by atoms with Crippen LogP contribution in [0.1, 0.15) is 41.0 Å². The third-order valence-electron chi connectivity index (χ3n) is 5.99. The largest absolute Gasteiger partial charge is 0.350 e. The standard InChI is InChI=1S/C23H27N3O2S/c1-16-9-11-26(12-10-16)20(21-8-5-13-29-21)15-24-23(28)18-14-22(27)25(2)19-7-4-3-6-17(18)19/h3-8,13-14,16,20H,9-12,15H2,1-2H3,(H,24,28). The van der Waals surface area contributed by atoms with Gasteiger partial charge >= 0.3 is 0 Å². The molecule has 1 aliphatic heterocycles. The van der Waals surface area contributed by atoms with Gasteiger partial charge in [0.15, 0.2) is 0 Å². The molecule has 1 N–H and O–H groups in total. The van der Waals surface area contributed by atoms with Gasteiger partial charge in [-0.3, -0.25) is 14.5 Å². The third kappa shape index (κ3) is 4.14. The Morgan fingerprint density at radius 3 is 2.69 bits per heavy atom. The van der Waals surface area contributed by atoms with Gasteiger partial charge in [-0.05, 0) is 49.4 Å². The van der Waals surface area contributed by atoms with Crippen LogP contribution in [0.4, 0.5) is 0 Å². The van der Waals surface area contributed by atoms with E-state index in [1.807, 2.05) is 24.3 Å². The molecular formula is C23H27N3O2S. The van der Waals surface area contributed by atoms with E-state index in [1.165, 1.54) is 23.8 Å². The van der Waals surface area contributed by atoms with Crippen LogP contribution in [-0.4, -0.2) is 35.0 Å². The number of pyridine rings is 1. The molecule has 3 aromatic rings. The molecule has 1 saturated heterocycles. The van der Waals surface area contributed by atoms with Gasteiger partial charge in [-0.15, -0.1) is 11.3 Å². The molecule has 0 spiro atoms. The number of rotatable bonds is 5. The van der Waals surface area contributed by atoms with Gasteiger partial charge in [0.25, 0.3) is 11.5 Å². The molecule has 0 bridgehead atoms. The van der Waals surface area contributed by atoms with E-state index >= 15 is 0 Å². The zero-order valence-electron chi connectivity index (χ0n) is 16.9. The highest BCUT2D eigenvalue weighted by molar-refractivity contribution is 7.10. The SMILES string of the molecule is CC1CCN(C(CNC(=O)c2cc(=O)n(C)c3ccccc23)c2cccs2)CC1. The van der Waals surface area contributed by atoms with Gasteiger partial charge in [-0.25, -0.2) is 0 Å². The second-order valence-corrected chi connectivity index (χ2v) is 8.91. The van der Waals surface area contributed by atoms with E-state index in [4.69, 9.17) is 0 Å². The molecule has 29 heavy (non-hydrogen) atoms. The van der Waals surface area contributed by atoms with Crippen molar-refractivity contribution in [3.8, 4) is 0 Å². The number of amides is 1. The van der Waals surface area contributed by atoms with E-state index in [2.05, 4.69) is 34.7 Å². The first-order chi connectivity index (χ1) is 14.0. The Kier molecular flexibility index (Phi) is 5.83. The molecule has 0 aliphatic carbocycles. The lowest BCUT2D eigenvalue weighted by Gasteiger charge is -2.36. The Balaban J connectivity index is 1.57. The summed E-state index contributed by atoms with van der Waals surface area (Å²) in [7, 11) is 1.73. The third-order valence-corrected chi connectivity index (χ3v) is 6.96. The van der Waals surface area contributed by atoms with Crippen LogP contribution in [0.3, 0.4) is 0 Å². The Hall–Kier alpha value is -2.44. The van der Waals surface area contributed by atoms with E-state index in [-0.39, 0.29) is 17.5 Å². The lowest BCUT2D eigenvalue weighted by atomic mass is 9.97. The molecule has 1 aromatic carbocycles. The quantitative estimate of drug-likeness (QED) is 0.697. The maximum Gasteiger partial charge on any atom is 0.252 e. The van der Waals surface area contributed by atoms with E-state index in [0.29, 0.717) is 12.1 Å². The van der Waals surface area contributed by atoms with Gasteiger partial charge < -0.3 is 9.88 Å². The summed E-state index contributed by atoms with van der Waals surface area (Å²) in [5.74, 6) is 0.572. The molecule has 4 rings (SSSR count). The lowest BCUT2D eigenvalue weighted by molar-refractivity contribution is 0.0916. The van der Waals surface area contributed by atoms with Crippen molar-refractivity contribution in [2.45, 2.75) is 25.8 Å². The van der Waals surface area contributed by atoms with Crippen molar-refractivity contribution in [3.63, 3.8) is 0 Å². The fourth-order valence-corrected chi connectivity index (χ4v) is 4.97. The number of benzene rings is 1. The Bertz CT molecular complexity index is 1050. The first-order valence-electron chi connectivity index (χ1n) is 10.2. The minimum Gasteiger partial charge on any atom is -0.350 e. The van der Waals surface area contributed by atoms with Gasteiger partial charge in [-0.1, -0.05) is 31.2 Å². The minimum absolute atomic E-state index is 0.171. The smallest absolute Gasteiger partial charge is 0.252 e. The van der Waals surface area contributed by atoms with E-state index in [0.717, 1.165) is 29.9 Å². The first-order valence-corrected chi connectivity index (χ1v) is 11.1. The van der Waals surface area contributed by atoms with Crippen LogP contribution in [0, 0.1) is 5.92 Å². The molecule has 1 unspecified atom stereocenters.